The molecule has 13 aromatic rings. The van der Waals surface area contributed by atoms with Crippen molar-refractivity contribution in [2.24, 2.45) is 0 Å². The normalized spacial score (nSPS) is 13.0. The van der Waals surface area contributed by atoms with Crippen LogP contribution in [0.15, 0.2) is 253 Å². The number of rotatable bonds is 5. The van der Waals surface area contributed by atoms with Crippen LogP contribution in [0.4, 0.5) is 17.1 Å². The van der Waals surface area contributed by atoms with Crippen LogP contribution in [0.1, 0.15) is 22.3 Å². The maximum absolute atomic E-state index is 6.25. The van der Waals surface area contributed by atoms with Crippen LogP contribution >= 0.6 is 0 Å². The molecule has 1 aromatic heterocycles. The van der Waals surface area contributed by atoms with Gasteiger partial charge in [-0.1, -0.05) is 206 Å². The van der Waals surface area contributed by atoms with Gasteiger partial charge in [0.2, 0.25) is 0 Å². The van der Waals surface area contributed by atoms with Crippen molar-refractivity contribution in [1.82, 2.24) is 0 Å². The number of nitrogens with zero attached hydrogens (tertiary/aromatic N) is 1. The first-order valence-corrected chi connectivity index (χ1v) is 23.9. The molecular formula is C67H41NO. The molecule has 1 heterocycles. The molecule has 0 aliphatic heterocycles. The Morgan fingerprint density at radius 3 is 1.41 bits per heavy atom. The van der Waals surface area contributed by atoms with Gasteiger partial charge in [-0.05, 0) is 136 Å². The third-order valence-corrected chi connectivity index (χ3v) is 15.3. The second-order valence-corrected chi connectivity index (χ2v) is 18.6. The van der Waals surface area contributed by atoms with E-state index < -0.39 is 5.41 Å². The first kappa shape index (κ1) is 38.2. The molecule has 0 fully saturated rings. The molecule has 0 amide bonds. The van der Waals surface area contributed by atoms with Crippen molar-refractivity contribution >= 4 is 71.3 Å². The zero-order valence-corrected chi connectivity index (χ0v) is 37.5. The summed E-state index contributed by atoms with van der Waals surface area (Å²) in [6.45, 7) is 0. The molecule has 0 bridgehead atoms. The third-order valence-electron chi connectivity index (χ3n) is 15.3. The first-order chi connectivity index (χ1) is 34.2. The Morgan fingerprint density at radius 1 is 0.290 bits per heavy atom. The van der Waals surface area contributed by atoms with Crippen molar-refractivity contribution in [1.29, 1.82) is 0 Å². The number of hydrogen-bond acceptors (Lipinski definition) is 2. The van der Waals surface area contributed by atoms with Crippen molar-refractivity contribution in [3.05, 3.63) is 271 Å². The molecule has 1 spiro atoms. The molecule has 0 N–H and O–H groups in total. The molecule has 2 aliphatic carbocycles. The summed E-state index contributed by atoms with van der Waals surface area (Å²) in [6.07, 6.45) is 0. The summed E-state index contributed by atoms with van der Waals surface area (Å²) in [5.41, 5.74) is 19.9. The molecule has 2 heteroatoms. The van der Waals surface area contributed by atoms with Crippen LogP contribution in [0.25, 0.3) is 98.8 Å². The summed E-state index contributed by atoms with van der Waals surface area (Å²) in [5, 5.41) is 9.86. The number of para-hydroxylation sites is 1. The van der Waals surface area contributed by atoms with E-state index in [2.05, 4.69) is 241 Å². The topological polar surface area (TPSA) is 16.4 Å². The highest BCUT2D eigenvalue weighted by Gasteiger charge is 2.52. The quantitative estimate of drug-likeness (QED) is 0.160. The Bertz CT molecular complexity index is 4170. The van der Waals surface area contributed by atoms with Crippen LogP contribution in [0.3, 0.4) is 0 Å². The Morgan fingerprint density at radius 2 is 0.739 bits per heavy atom. The van der Waals surface area contributed by atoms with E-state index in [0.717, 1.165) is 44.6 Å². The lowest BCUT2D eigenvalue weighted by Crippen LogP contribution is -2.26. The van der Waals surface area contributed by atoms with Gasteiger partial charge in [0.05, 0.1) is 11.1 Å². The van der Waals surface area contributed by atoms with E-state index in [1.54, 1.807) is 0 Å². The van der Waals surface area contributed by atoms with E-state index in [4.69, 9.17) is 4.42 Å². The minimum atomic E-state index is -0.453. The van der Waals surface area contributed by atoms with E-state index in [0.29, 0.717) is 0 Å². The van der Waals surface area contributed by atoms with Crippen LogP contribution in [0.5, 0.6) is 0 Å². The van der Waals surface area contributed by atoms with E-state index >= 15 is 0 Å². The SMILES string of the molecule is c1ccc2c(c1)-c1ccccc1C21c2ccccc2-c2c(N(c3ccc(-c4ccc(-c5cccc6oc7ccccc7c56)cc4)cc3)c3ccc4c5ccccc5c5ccccc5c4c3)cccc21. The van der Waals surface area contributed by atoms with Crippen molar-refractivity contribution in [2.75, 3.05) is 4.90 Å². The van der Waals surface area contributed by atoms with Crippen molar-refractivity contribution in [3.63, 3.8) is 0 Å². The van der Waals surface area contributed by atoms with Gasteiger partial charge in [0.15, 0.2) is 0 Å². The lowest BCUT2D eigenvalue weighted by Gasteiger charge is -2.32. The van der Waals surface area contributed by atoms with Gasteiger partial charge in [-0.2, -0.15) is 0 Å². The number of hydrogen-bond donors (Lipinski definition) is 0. The first-order valence-electron chi connectivity index (χ1n) is 23.9. The van der Waals surface area contributed by atoms with Crippen LogP contribution in [-0.2, 0) is 5.41 Å². The van der Waals surface area contributed by atoms with Gasteiger partial charge in [-0.25, -0.2) is 0 Å². The molecule has 15 rings (SSSR count). The minimum Gasteiger partial charge on any atom is -0.456 e. The Balaban J connectivity index is 0.925. The van der Waals surface area contributed by atoms with Crippen LogP contribution < -0.4 is 4.90 Å². The highest BCUT2D eigenvalue weighted by atomic mass is 16.3. The third kappa shape index (κ3) is 5.31. The number of benzene rings is 12. The average molecular weight is 876 g/mol. The molecule has 0 saturated heterocycles. The van der Waals surface area contributed by atoms with Gasteiger partial charge in [0.1, 0.15) is 11.2 Å². The van der Waals surface area contributed by atoms with Gasteiger partial charge in [0, 0.05) is 27.7 Å². The number of anilines is 3. The average Bonchev–Trinajstić information content (AvgIpc) is 4.06. The Hall–Kier alpha value is -8.98. The zero-order chi connectivity index (χ0) is 45.2. The molecule has 69 heavy (non-hydrogen) atoms. The summed E-state index contributed by atoms with van der Waals surface area (Å²) in [5.74, 6) is 0. The molecule has 2 nitrogen and oxygen atoms in total. The van der Waals surface area contributed by atoms with Crippen molar-refractivity contribution in [3.8, 4) is 44.5 Å². The smallest absolute Gasteiger partial charge is 0.136 e. The second kappa shape index (κ2) is 14.5. The lowest BCUT2D eigenvalue weighted by atomic mass is 9.70. The Labute approximate surface area is 399 Å². The molecule has 320 valence electrons. The van der Waals surface area contributed by atoms with Gasteiger partial charge in [-0.3, -0.25) is 0 Å². The molecular weight excluding hydrogens is 835 g/mol. The molecule has 0 saturated carbocycles. The fourth-order valence-electron chi connectivity index (χ4n) is 12.4. The fourth-order valence-corrected chi connectivity index (χ4v) is 12.4. The molecule has 0 atom stereocenters. The molecule has 2 aliphatic rings. The second-order valence-electron chi connectivity index (χ2n) is 18.6. The van der Waals surface area contributed by atoms with E-state index in [1.807, 2.05) is 12.1 Å². The molecule has 0 radical (unpaired) electrons. The maximum Gasteiger partial charge on any atom is 0.136 e. The van der Waals surface area contributed by atoms with E-state index in [9.17, 15) is 0 Å². The standard InChI is InChI=1S/C67H41NO/c1-2-17-50-48(15-1)49-16-3-4-18-51(49)57-41-46(39-40-52(50)57)68(45-37-35-43(36-38-45)42-31-33-44(34-32-42)47-23-13-30-64-65(47)56-22-8-12-29-63(56)69-64)62-28-14-27-61-66(62)55-21-7-11-26-60(55)67(61)58-24-9-5-19-53(58)54-20-6-10-25-59(54)67/h1-41H. The summed E-state index contributed by atoms with van der Waals surface area (Å²) in [6, 6.07) is 91.9. The predicted octanol–water partition coefficient (Wildman–Crippen LogP) is 18.2. The fraction of sp³-hybridized carbons (Fsp3) is 0.0149. The van der Waals surface area contributed by atoms with Crippen LogP contribution in [0, 0.1) is 0 Å². The number of furan rings is 1. The summed E-state index contributed by atoms with van der Waals surface area (Å²) < 4.78 is 6.25. The highest BCUT2D eigenvalue weighted by Crippen LogP contribution is 2.64. The maximum atomic E-state index is 6.25. The molecule has 12 aromatic carbocycles. The predicted molar refractivity (Wildman–Crippen MR) is 288 cm³/mol. The molecule has 0 unspecified atom stereocenters. The van der Waals surface area contributed by atoms with Gasteiger partial charge in [-0.15, -0.1) is 0 Å². The zero-order valence-electron chi connectivity index (χ0n) is 37.5. The van der Waals surface area contributed by atoms with Crippen LogP contribution in [0.2, 0.25) is 0 Å². The van der Waals surface area contributed by atoms with E-state index in [1.165, 1.54) is 93.5 Å². The Kier molecular flexibility index (Phi) is 8.02. The van der Waals surface area contributed by atoms with Crippen molar-refractivity contribution in [2.45, 2.75) is 5.41 Å². The number of fused-ring (bicyclic) bond motifs is 19. The lowest BCUT2D eigenvalue weighted by molar-refractivity contribution is 0.669. The van der Waals surface area contributed by atoms with Gasteiger partial charge >= 0.3 is 0 Å². The van der Waals surface area contributed by atoms with Gasteiger partial charge < -0.3 is 9.32 Å². The minimum absolute atomic E-state index is 0.453. The van der Waals surface area contributed by atoms with Crippen LogP contribution in [-0.4, -0.2) is 0 Å². The largest absolute Gasteiger partial charge is 0.456 e. The van der Waals surface area contributed by atoms with Crippen molar-refractivity contribution < 1.29 is 4.42 Å². The van der Waals surface area contributed by atoms with E-state index in [-0.39, 0.29) is 0 Å². The summed E-state index contributed by atoms with van der Waals surface area (Å²) in [4.78, 5) is 2.51. The summed E-state index contributed by atoms with van der Waals surface area (Å²) >= 11 is 0. The van der Waals surface area contributed by atoms with Gasteiger partial charge in [0.25, 0.3) is 0 Å². The summed E-state index contributed by atoms with van der Waals surface area (Å²) in [7, 11) is 0. The monoisotopic (exact) mass is 875 g/mol. The highest BCUT2D eigenvalue weighted by molar-refractivity contribution is 6.26.